The highest BCUT2D eigenvalue weighted by atomic mass is 35.5. The number of furan rings is 1. The topological polar surface area (TPSA) is 101 Å². The molecule has 4 N–H and O–H groups in total. The fourth-order valence-electron chi connectivity index (χ4n) is 2.97. The summed E-state index contributed by atoms with van der Waals surface area (Å²) in [5, 5.41) is 2.95. The van der Waals surface area contributed by atoms with Gasteiger partial charge in [-0.1, -0.05) is 12.8 Å². The average molecular weight is 338 g/mol. The molecule has 0 spiro atoms. The summed E-state index contributed by atoms with van der Waals surface area (Å²) in [6.07, 6.45) is 5.34. The third-order valence-corrected chi connectivity index (χ3v) is 4.27. The molecule has 0 saturated heterocycles. The van der Waals surface area contributed by atoms with E-state index in [1.807, 2.05) is 0 Å². The number of H-pyrrole nitrogens is 1. The summed E-state index contributed by atoms with van der Waals surface area (Å²) in [6, 6.07) is 6.66. The number of rotatable bonds is 4. The first-order valence-electron chi connectivity index (χ1n) is 7.43. The van der Waals surface area contributed by atoms with Crippen LogP contribution in [0.2, 0.25) is 0 Å². The molecule has 124 valence electrons. The number of hydrogen-bond acceptors (Lipinski definition) is 4. The molecule has 3 rings (SSSR count). The summed E-state index contributed by atoms with van der Waals surface area (Å²) >= 11 is 0. The highest BCUT2D eigenvalue weighted by molar-refractivity contribution is 5.94. The Bertz CT molecular complexity index is 718. The summed E-state index contributed by atoms with van der Waals surface area (Å²) in [7, 11) is 0. The van der Waals surface area contributed by atoms with Crippen LogP contribution in [0, 0.1) is 0 Å². The number of nitrogens with two attached hydrogens (primary N) is 1. The largest absolute Gasteiger partial charge is 0.463 e. The number of nitrogens with one attached hydrogen (secondary N) is 2. The zero-order valence-electron chi connectivity index (χ0n) is 12.6. The molecule has 0 unspecified atom stereocenters. The number of aromatic amines is 1. The lowest BCUT2D eigenvalue weighted by atomic mass is 9.97. The summed E-state index contributed by atoms with van der Waals surface area (Å²) in [5.41, 5.74) is 5.64. The highest BCUT2D eigenvalue weighted by Gasteiger charge is 2.34. The number of pyridine rings is 1. The first kappa shape index (κ1) is 17.3. The van der Waals surface area contributed by atoms with Crippen LogP contribution in [0.3, 0.4) is 0 Å². The van der Waals surface area contributed by atoms with Crippen LogP contribution in [0.4, 0.5) is 0 Å². The fraction of sp³-hybridized carbons (Fsp3) is 0.375. The number of carbonyl (C=O) groups excluding carboxylic acids is 1. The van der Waals surface area contributed by atoms with Gasteiger partial charge in [-0.3, -0.25) is 9.59 Å². The zero-order chi connectivity index (χ0) is 15.6. The Balaban J connectivity index is 0.00000192. The lowest BCUT2D eigenvalue weighted by Crippen LogP contribution is -2.52. The van der Waals surface area contributed by atoms with Gasteiger partial charge < -0.3 is 20.5 Å². The normalized spacial score (nSPS) is 15.9. The molecule has 1 fully saturated rings. The molecule has 1 aliphatic rings. The molecule has 1 aliphatic carbocycles. The van der Waals surface area contributed by atoms with Gasteiger partial charge in [0.2, 0.25) is 0 Å². The predicted molar refractivity (Wildman–Crippen MR) is 89.7 cm³/mol. The van der Waals surface area contributed by atoms with Gasteiger partial charge in [0, 0.05) is 6.54 Å². The maximum atomic E-state index is 12.4. The van der Waals surface area contributed by atoms with Gasteiger partial charge in [-0.25, -0.2) is 0 Å². The summed E-state index contributed by atoms with van der Waals surface area (Å²) in [6.45, 7) is 0.390. The van der Waals surface area contributed by atoms with Gasteiger partial charge in [0.05, 0.1) is 17.5 Å². The van der Waals surface area contributed by atoms with Crippen LogP contribution in [-0.4, -0.2) is 23.0 Å². The van der Waals surface area contributed by atoms with Crippen LogP contribution < -0.4 is 16.6 Å². The molecule has 2 aromatic rings. The van der Waals surface area contributed by atoms with Gasteiger partial charge in [-0.2, -0.15) is 0 Å². The smallest absolute Gasteiger partial charge is 0.261 e. The van der Waals surface area contributed by atoms with E-state index in [-0.39, 0.29) is 29.4 Å². The monoisotopic (exact) mass is 337 g/mol. The molecule has 23 heavy (non-hydrogen) atoms. The van der Waals surface area contributed by atoms with Gasteiger partial charge in [0.1, 0.15) is 11.3 Å². The van der Waals surface area contributed by atoms with Crippen molar-refractivity contribution in [3.8, 4) is 11.5 Å². The second-order valence-corrected chi connectivity index (χ2v) is 5.74. The van der Waals surface area contributed by atoms with Crippen molar-refractivity contribution < 1.29 is 9.21 Å². The molecule has 1 saturated carbocycles. The van der Waals surface area contributed by atoms with Gasteiger partial charge in [-0.05, 0) is 37.1 Å². The zero-order valence-corrected chi connectivity index (χ0v) is 13.4. The fourth-order valence-corrected chi connectivity index (χ4v) is 2.97. The number of hydrogen-bond donors (Lipinski definition) is 3. The van der Waals surface area contributed by atoms with E-state index in [4.69, 9.17) is 10.2 Å². The minimum atomic E-state index is -0.434. The molecular weight excluding hydrogens is 318 g/mol. The van der Waals surface area contributed by atoms with Crippen molar-refractivity contribution in [1.29, 1.82) is 0 Å². The highest BCUT2D eigenvalue weighted by Crippen LogP contribution is 2.28. The summed E-state index contributed by atoms with van der Waals surface area (Å²) < 4.78 is 5.23. The first-order valence-corrected chi connectivity index (χ1v) is 7.43. The lowest BCUT2D eigenvalue weighted by Gasteiger charge is -2.28. The second kappa shape index (κ2) is 7.02. The Morgan fingerprint density at radius 1 is 1.30 bits per heavy atom. The molecule has 7 heteroatoms. The molecule has 0 atom stereocenters. The predicted octanol–water partition coefficient (Wildman–Crippen LogP) is 2.06. The summed E-state index contributed by atoms with van der Waals surface area (Å²) in [5.74, 6) is 0.179. The Morgan fingerprint density at radius 3 is 2.61 bits per heavy atom. The SMILES string of the molecule is Cl.NCC1(NC(=O)c2ccc(-c3ccco3)[nH]c2=O)CCCC1. The van der Waals surface area contributed by atoms with E-state index in [0.29, 0.717) is 18.0 Å². The van der Waals surface area contributed by atoms with Crippen molar-refractivity contribution in [2.75, 3.05) is 6.54 Å². The molecule has 0 aromatic carbocycles. The van der Waals surface area contributed by atoms with Crippen LogP contribution >= 0.6 is 12.4 Å². The van der Waals surface area contributed by atoms with E-state index in [9.17, 15) is 9.59 Å². The summed E-state index contributed by atoms with van der Waals surface area (Å²) in [4.78, 5) is 27.2. The van der Waals surface area contributed by atoms with Gasteiger partial charge in [0.15, 0.2) is 0 Å². The molecule has 2 heterocycles. The van der Waals surface area contributed by atoms with Crippen LogP contribution in [0.15, 0.2) is 39.7 Å². The lowest BCUT2D eigenvalue weighted by molar-refractivity contribution is 0.0901. The number of aromatic nitrogens is 1. The van der Waals surface area contributed by atoms with E-state index >= 15 is 0 Å². The Morgan fingerprint density at radius 2 is 2.04 bits per heavy atom. The van der Waals surface area contributed by atoms with Crippen molar-refractivity contribution in [3.05, 3.63) is 46.4 Å². The average Bonchev–Trinajstić information content (AvgIpc) is 3.19. The van der Waals surface area contributed by atoms with E-state index in [2.05, 4.69) is 10.3 Å². The molecule has 6 nitrogen and oxygen atoms in total. The minimum Gasteiger partial charge on any atom is -0.463 e. The number of amides is 1. The van der Waals surface area contributed by atoms with Crippen molar-refractivity contribution >= 4 is 18.3 Å². The molecule has 2 aromatic heterocycles. The van der Waals surface area contributed by atoms with Crippen LogP contribution in [-0.2, 0) is 0 Å². The van der Waals surface area contributed by atoms with Crippen molar-refractivity contribution in [3.63, 3.8) is 0 Å². The second-order valence-electron chi connectivity index (χ2n) is 5.74. The Kier molecular flexibility index (Phi) is 5.28. The minimum absolute atomic E-state index is 0. The van der Waals surface area contributed by atoms with Crippen LogP contribution in [0.5, 0.6) is 0 Å². The Labute approximate surface area is 139 Å². The van der Waals surface area contributed by atoms with E-state index in [1.54, 1.807) is 18.2 Å². The standard InChI is InChI=1S/C16H19N3O3.ClH/c17-10-16(7-1-2-8-16)19-15(21)11-5-6-12(18-14(11)20)13-4-3-9-22-13;/h3-6,9H,1-2,7-8,10,17H2,(H,18,20)(H,19,21);1H. The van der Waals surface area contributed by atoms with E-state index in [0.717, 1.165) is 25.7 Å². The van der Waals surface area contributed by atoms with Gasteiger partial charge in [0.25, 0.3) is 11.5 Å². The van der Waals surface area contributed by atoms with E-state index < -0.39 is 5.56 Å². The van der Waals surface area contributed by atoms with Crippen molar-refractivity contribution in [2.24, 2.45) is 5.73 Å². The maximum Gasteiger partial charge on any atom is 0.261 e. The number of halogens is 1. The van der Waals surface area contributed by atoms with Crippen LogP contribution in [0.25, 0.3) is 11.5 Å². The molecule has 0 aliphatic heterocycles. The molecule has 1 amide bonds. The third kappa shape index (κ3) is 3.48. The number of carbonyl (C=O) groups is 1. The van der Waals surface area contributed by atoms with Crippen molar-refractivity contribution in [2.45, 2.75) is 31.2 Å². The van der Waals surface area contributed by atoms with Gasteiger partial charge in [-0.15, -0.1) is 12.4 Å². The third-order valence-electron chi connectivity index (χ3n) is 4.27. The molecule has 0 bridgehead atoms. The molecular formula is C16H20ClN3O3. The van der Waals surface area contributed by atoms with E-state index in [1.165, 1.54) is 12.3 Å². The van der Waals surface area contributed by atoms with Gasteiger partial charge >= 0.3 is 0 Å². The maximum absolute atomic E-state index is 12.4. The quantitative estimate of drug-likeness (QED) is 0.794. The first-order chi connectivity index (χ1) is 10.6. The Hall–Kier alpha value is -2.05. The molecule has 0 radical (unpaired) electrons. The van der Waals surface area contributed by atoms with Crippen LogP contribution in [0.1, 0.15) is 36.0 Å². The van der Waals surface area contributed by atoms with Crippen molar-refractivity contribution in [1.82, 2.24) is 10.3 Å².